The summed E-state index contributed by atoms with van der Waals surface area (Å²) in [6.45, 7) is 6.63. The average Bonchev–Trinajstić information content (AvgIpc) is 3.71. The van der Waals surface area contributed by atoms with E-state index in [0.29, 0.717) is 5.75 Å². The Morgan fingerprint density at radius 2 is 1.33 bits per heavy atom. The summed E-state index contributed by atoms with van der Waals surface area (Å²) < 4.78 is -0.889. The third kappa shape index (κ3) is 21.6. The van der Waals surface area contributed by atoms with E-state index in [-0.39, 0.29) is 86.8 Å². The van der Waals surface area contributed by atoms with Crippen LogP contribution in [0.5, 0.6) is 0 Å². The van der Waals surface area contributed by atoms with Gasteiger partial charge in [-0.05, 0) is 70.3 Å². The maximum absolute atomic E-state index is 14.1. The van der Waals surface area contributed by atoms with Crippen molar-refractivity contribution in [2.75, 3.05) is 49.0 Å². The van der Waals surface area contributed by atoms with Crippen LogP contribution in [0.2, 0.25) is 0 Å². The number of nitrogens with zero attached hydrogens (tertiary/aromatic N) is 1. The van der Waals surface area contributed by atoms with Crippen molar-refractivity contribution < 1.29 is 43.5 Å². The van der Waals surface area contributed by atoms with Crippen LogP contribution < -0.4 is 59.7 Å². The zero-order valence-electron chi connectivity index (χ0n) is 36.9. The summed E-state index contributed by atoms with van der Waals surface area (Å²) in [5.74, 6) is -6.37. The highest BCUT2D eigenvalue weighted by Crippen LogP contribution is 2.24. The molecule has 23 nitrogen and oxygen atoms in total. The number of carbonyl (C=O) groups is 8. The van der Waals surface area contributed by atoms with Gasteiger partial charge in [-0.15, -0.1) is 11.8 Å². The summed E-state index contributed by atoms with van der Waals surface area (Å²) in [6, 6.07) is -8.14. The lowest BCUT2D eigenvalue weighted by Crippen LogP contribution is -2.60. The molecule has 364 valence electrons. The van der Waals surface area contributed by atoms with Crippen LogP contribution in [0.1, 0.15) is 66.2 Å². The molecular weight excluding hydrogens is 913 g/mol. The lowest BCUT2D eigenvalue weighted by Gasteiger charge is -2.31. The van der Waals surface area contributed by atoms with Gasteiger partial charge in [0.25, 0.3) is 0 Å². The molecule has 7 amide bonds. The molecule has 1 heterocycles. The number of nitrogens with two attached hydrogens (primary N) is 3. The van der Waals surface area contributed by atoms with Crippen LogP contribution in [-0.2, 0) is 38.4 Å². The van der Waals surface area contributed by atoms with Gasteiger partial charge in [-0.1, -0.05) is 13.8 Å². The lowest BCUT2D eigenvalue weighted by molar-refractivity contribution is -0.142. The second-order valence-corrected chi connectivity index (χ2v) is 19.4. The average molecular weight is 981 g/mol. The van der Waals surface area contributed by atoms with E-state index >= 15 is 0 Å². The standard InChI is InChI=1S/C37H68N14O9S4/c1-19(2)14-23(30(55)47-20(8-6-11-43-35(39)40)28(53)45-15-26(52)46-24(16-61)34(59)60)50-29(54)21(9-7-12-44-36(41)42)48-31(56)25-17-64-18-51(25)33(58)22(10-13-63-5)49-32(57)27(38)37(3,4)62/h19-25,27,61-62H,6-18,38H2,1-5H3,(H,45,53)(H,46,52)(H,47,55)(H,48,56)(H,49,57)(H,50,54)(H,59,60)(H4,39,40,43)(H4,41,42,44)/t20-,21-,22-,23-,24-,25-,27-/m0/s1. The van der Waals surface area contributed by atoms with E-state index in [1.165, 1.54) is 28.4 Å². The fraction of sp³-hybridized carbons (Fsp3) is 0.730. The Labute approximate surface area is 393 Å². The molecule has 0 aromatic carbocycles. The number of thiol groups is 2. The van der Waals surface area contributed by atoms with E-state index < -0.39 is 101 Å². The molecule has 0 saturated carbocycles. The van der Waals surface area contributed by atoms with Gasteiger partial charge in [0, 0.05) is 29.3 Å². The van der Waals surface area contributed by atoms with Crippen molar-refractivity contribution in [3.8, 4) is 0 Å². The number of carboxylic acid groups (broad SMARTS) is 1. The van der Waals surface area contributed by atoms with Crippen LogP contribution in [0, 0.1) is 16.7 Å². The number of hydrogen-bond donors (Lipinski definition) is 16. The van der Waals surface area contributed by atoms with E-state index in [1.807, 2.05) is 6.26 Å². The molecule has 64 heavy (non-hydrogen) atoms. The first-order valence-corrected chi connectivity index (χ1v) is 24.2. The van der Waals surface area contributed by atoms with Crippen molar-refractivity contribution in [3.63, 3.8) is 0 Å². The maximum Gasteiger partial charge on any atom is 0.327 e. The summed E-state index contributed by atoms with van der Waals surface area (Å²) in [4.78, 5) is 108. The first-order chi connectivity index (χ1) is 29.9. The number of rotatable bonds is 29. The molecule has 0 unspecified atom stereocenters. The first-order valence-electron chi connectivity index (χ1n) is 20.6. The van der Waals surface area contributed by atoms with Crippen LogP contribution in [0.15, 0.2) is 0 Å². The molecular formula is C37H68N14O9S4. The van der Waals surface area contributed by atoms with Gasteiger partial charge in [0.2, 0.25) is 41.4 Å². The number of aliphatic carboxylic acids is 1. The minimum absolute atomic E-state index is 0.00550. The Balaban J connectivity index is 3.36. The molecule has 1 aliphatic heterocycles. The lowest BCUT2D eigenvalue weighted by atomic mass is 10.0. The number of thioether (sulfide) groups is 2. The Bertz CT molecular complexity index is 1640. The van der Waals surface area contributed by atoms with E-state index in [9.17, 15) is 43.5 Å². The highest BCUT2D eigenvalue weighted by Gasteiger charge is 2.41. The molecule has 7 atom stereocenters. The SMILES string of the molecule is CSCC[C@H](NC(=O)[C@H](N)C(C)(C)S)C(=O)N1CSC[C@H]1C(=O)N[C@@H](CCCNC(=N)N)C(=O)N[C@@H](CC(C)C)C(=O)N[C@@H](CCCNC(=N)N)C(=O)NCC(=O)N[C@@H](CS)C(=O)O. The molecule has 0 aromatic heterocycles. The molecule has 17 N–H and O–H groups in total. The number of nitrogens with one attached hydrogen (secondary N) is 10. The Morgan fingerprint density at radius 1 is 0.797 bits per heavy atom. The molecule has 0 aromatic rings. The Morgan fingerprint density at radius 3 is 1.83 bits per heavy atom. The van der Waals surface area contributed by atoms with Gasteiger partial charge in [-0.3, -0.25) is 44.4 Å². The van der Waals surface area contributed by atoms with Crippen LogP contribution in [0.4, 0.5) is 0 Å². The van der Waals surface area contributed by atoms with Gasteiger partial charge in [-0.25, -0.2) is 4.79 Å². The summed E-state index contributed by atoms with van der Waals surface area (Å²) in [7, 11) is 0. The van der Waals surface area contributed by atoms with Crippen LogP contribution in [0.3, 0.4) is 0 Å². The monoisotopic (exact) mass is 980 g/mol. The van der Waals surface area contributed by atoms with Crippen molar-refractivity contribution in [3.05, 3.63) is 0 Å². The zero-order valence-corrected chi connectivity index (χ0v) is 40.3. The fourth-order valence-electron chi connectivity index (χ4n) is 5.99. The maximum atomic E-state index is 14.1. The van der Waals surface area contributed by atoms with Gasteiger partial charge in [0.05, 0.1) is 18.5 Å². The second-order valence-electron chi connectivity index (χ2n) is 15.9. The van der Waals surface area contributed by atoms with Crippen molar-refractivity contribution in [1.29, 1.82) is 10.8 Å². The number of hydrogen-bond acceptors (Lipinski definition) is 15. The van der Waals surface area contributed by atoms with E-state index in [0.717, 1.165) is 0 Å². The highest BCUT2D eigenvalue weighted by atomic mass is 32.2. The van der Waals surface area contributed by atoms with Crippen LogP contribution in [0.25, 0.3) is 0 Å². The summed E-state index contributed by atoms with van der Waals surface area (Å²) >= 11 is 11.1. The van der Waals surface area contributed by atoms with E-state index in [4.69, 9.17) is 28.0 Å². The number of carboxylic acids is 1. The predicted molar refractivity (Wildman–Crippen MR) is 254 cm³/mol. The predicted octanol–water partition coefficient (Wildman–Crippen LogP) is -3.20. The second kappa shape index (κ2) is 29.2. The zero-order chi connectivity index (χ0) is 48.7. The largest absolute Gasteiger partial charge is 0.480 e. The van der Waals surface area contributed by atoms with E-state index in [1.54, 1.807) is 27.7 Å². The number of carbonyl (C=O) groups excluding carboxylic acids is 7. The minimum atomic E-state index is -1.33. The highest BCUT2D eigenvalue weighted by molar-refractivity contribution is 7.99. The quantitative estimate of drug-likeness (QED) is 0.0152. The molecule has 1 aliphatic rings. The molecule has 0 bridgehead atoms. The molecule has 1 fully saturated rings. The molecule has 0 aliphatic carbocycles. The molecule has 27 heteroatoms. The third-order valence-electron chi connectivity index (χ3n) is 9.55. The van der Waals surface area contributed by atoms with Gasteiger partial charge in [0.15, 0.2) is 11.9 Å². The molecule has 0 spiro atoms. The molecule has 1 saturated heterocycles. The van der Waals surface area contributed by atoms with Crippen molar-refractivity contribution >= 4 is 108 Å². The van der Waals surface area contributed by atoms with Crippen LogP contribution >= 0.6 is 48.8 Å². The van der Waals surface area contributed by atoms with E-state index in [2.05, 4.69) is 67.8 Å². The third-order valence-corrected chi connectivity index (χ3v) is 11.9. The summed E-state index contributed by atoms with van der Waals surface area (Å²) in [5, 5.41) is 44.8. The van der Waals surface area contributed by atoms with Crippen molar-refractivity contribution in [1.82, 2.24) is 47.4 Å². The minimum Gasteiger partial charge on any atom is -0.480 e. The van der Waals surface area contributed by atoms with Gasteiger partial charge in [-0.2, -0.15) is 37.0 Å². The molecule has 1 rings (SSSR count). The van der Waals surface area contributed by atoms with Gasteiger partial charge >= 0.3 is 5.97 Å². The summed E-state index contributed by atoms with van der Waals surface area (Å²) in [5.41, 5.74) is 16.9. The number of amides is 7. The normalized spacial score (nSPS) is 16.5. The number of guanidine groups is 2. The topological polar surface area (TPSA) is 382 Å². The first kappa shape index (κ1) is 57.7. The van der Waals surface area contributed by atoms with Crippen LogP contribution in [-0.4, -0.2) is 165 Å². The Hall–Kier alpha value is -4.34. The smallest absolute Gasteiger partial charge is 0.327 e. The van der Waals surface area contributed by atoms with Crippen molar-refractivity contribution in [2.24, 2.45) is 23.1 Å². The fourth-order valence-corrected chi connectivity index (χ4v) is 7.99. The van der Waals surface area contributed by atoms with Gasteiger partial charge < -0.3 is 69.7 Å². The summed E-state index contributed by atoms with van der Waals surface area (Å²) in [6.07, 6.45) is 2.65. The Kier molecular flexibility index (Phi) is 26.4. The van der Waals surface area contributed by atoms with Crippen molar-refractivity contribution in [2.45, 2.75) is 113 Å². The molecule has 0 radical (unpaired) electrons. The van der Waals surface area contributed by atoms with Gasteiger partial charge in [0.1, 0.15) is 36.3 Å².